The van der Waals surface area contributed by atoms with E-state index in [1.54, 1.807) is 0 Å². The van der Waals surface area contributed by atoms with Crippen molar-refractivity contribution in [2.24, 2.45) is 0 Å². The normalized spacial score (nSPS) is 10.6. The molecule has 88 valence electrons. The minimum atomic E-state index is 1.04. The third-order valence-electron chi connectivity index (χ3n) is 2.16. The molecule has 2 rings (SSSR count). The summed E-state index contributed by atoms with van der Waals surface area (Å²) >= 11 is 17.7. The summed E-state index contributed by atoms with van der Waals surface area (Å²) < 4.78 is 5.22. The van der Waals surface area contributed by atoms with Crippen molar-refractivity contribution in [2.75, 3.05) is 0 Å². The van der Waals surface area contributed by atoms with Crippen LogP contribution in [0.1, 0.15) is 0 Å². The number of benzene rings is 2. The smallest absolute Gasteiger partial charge is 0.0276 e. The molecule has 0 aromatic heterocycles. The lowest BCUT2D eigenvalue weighted by Gasteiger charge is -2.10. The van der Waals surface area contributed by atoms with E-state index in [0.717, 1.165) is 33.5 Å². The first-order valence-electron chi connectivity index (χ1n) is 4.58. The predicted octanol–water partition coefficient (Wildman–Crippen LogP) is 7.17. The molecular weight excluding hydrogens is 544 g/mol. The Morgan fingerprint density at radius 3 is 1.41 bits per heavy atom. The molecule has 0 saturated heterocycles. The summed E-state index contributed by atoms with van der Waals surface area (Å²) in [5, 5.41) is 0. The van der Waals surface area contributed by atoms with Gasteiger partial charge in [0.05, 0.1) is 0 Å². The van der Waals surface area contributed by atoms with Crippen LogP contribution in [-0.4, -0.2) is 0 Å². The van der Waals surface area contributed by atoms with Crippen LogP contribution in [0.3, 0.4) is 0 Å². The van der Waals surface area contributed by atoms with Gasteiger partial charge in [-0.15, -0.1) is 0 Å². The van der Waals surface area contributed by atoms with Crippen molar-refractivity contribution < 1.29 is 0 Å². The SMILES string of the molecule is Brc1cc(Br)cc(-c2c(Br)cc(Br)cc2Br)c1. The highest BCUT2D eigenvalue weighted by molar-refractivity contribution is 9.12. The second-order valence-electron chi connectivity index (χ2n) is 3.40. The second kappa shape index (κ2) is 5.87. The Morgan fingerprint density at radius 1 is 0.529 bits per heavy atom. The molecule has 2 aromatic carbocycles. The number of hydrogen-bond donors (Lipinski definition) is 0. The van der Waals surface area contributed by atoms with E-state index in [1.165, 1.54) is 0 Å². The van der Waals surface area contributed by atoms with E-state index in [4.69, 9.17) is 0 Å². The molecule has 0 aliphatic heterocycles. The average molecular weight is 549 g/mol. The summed E-state index contributed by atoms with van der Waals surface area (Å²) in [5.74, 6) is 0. The van der Waals surface area contributed by atoms with Gasteiger partial charge in [0.2, 0.25) is 0 Å². The van der Waals surface area contributed by atoms with Crippen LogP contribution in [-0.2, 0) is 0 Å². The first-order valence-corrected chi connectivity index (χ1v) is 8.55. The Balaban J connectivity index is 2.68. The van der Waals surface area contributed by atoms with Crippen molar-refractivity contribution in [2.45, 2.75) is 0 Å². The largest absolute Gasteiger partial charge is 0.0508 e. The maximum absolute atomic E-state index is 3.59. The van der Waals surface area contributed by atoms with Crippen molar-refractivity contribution in [3.05, 3.63) is 52.7 Å². The summed E-state index contributed by atoms with van der Waals surface area (Å²) in [6.45, 7) is 0. The number of halogens is 5. The van der Waals surface area contributed by atoms with Crippen molar-refractivity contribution >= 4 is 79.6 Å². The molecular formula is C12H5Br5. The lowest BCUT2D eigenvalue weighted by Crippen LogP contribution is -1.84. The maximum Gasteiger partial charge on any atom is 0.0276 e. The zero-order valence-electron chi connectivity index (χ0n) is 8.28. The lowest BCUT2D eigenvalue weighted by molar-refractivity contribution is 1.50. The van der Waals surface area contributed by atoms with Crippen molar-refractivity contribution in [3.63, 3.8) is 0 Å². The van der Waals surface area contributed by atoms with Crippen LogP contribution in [0, 0.1) is 0 Å². The van der Waals surface area contributed by atoms with Crippen LogP contribution >= 0.6 is 79.6 Å². The first-order chi connectivity index (χ1) is 7.97. The first kappa shape index (κ1) is 14.3. The summed E-state index contributed by atoms with van der Waals surface area (Å²) in [6, 6.07) is 10.3. The van der Waals surface area contributed by atoms with Gasteiger partial charge in [0.25, 0.3) is 0 Å². The van der Waals surface area contributed by atoms with Crippen molar-refractivity contribution in [1.29, 1.82) is 0 Å². The molecule has 0 saturated carbocycles. The van der Waals surface area contributed by atoms with Gasteiger partial charge < -0.3 is 0 Å². The number of rotatable bonds is 1. The third-order valence-corrected chi connectivity index (χ3v) is 4.78. The van der Waals surface area contributed by atoms with E-state index in [-0.39, 0.29) is 0 Å². The van der Waals surface area contributed by atoms with Crippen LogP contribution < -0.4 is 0 Å². The molecule has 0 heterocycles. The van der Waals surface area contributed by atoms with Gasteiger partial charge in [0.15, 0.2) is 0 Å². The van der Waals surface area contributed by atoms with Gasteiger partial charge in [-0.1, -0.05) is 79.6 Å². The van der Waals surface area contributed by atoms with Gasteiger partial charge in [0, 0.05) is 27.9 Å². The summed E-state index contributed by atoms with van der Waals surface area (Å²) in [4.78, 5) is 0. The van der Waals surface area contributed by atoms with Crippen LogP contribution in [0.4, 0.5) is 0 Å². The Bertz CT molecular complexity index is 534. The van der Waals surface area contributed by atoms with Crippen LogP contribution in [0.25, 0.3) is 11.1 Å². The van der Waals surface area contributed by atoms with Gasteiger partial charge in [-0.3, -0.25) is 0 Å². The molecule has 0 unspecified atom stereocenters. The molecule has 0 spiro atoms. The molecule has 0 aliphatic rings. The van der Waals surface area contributed by atoms with Crippen LogP contribution in [0.5, 0.6) is 0 Å². The Morgan fingerprint density at radius 2 is 0.941 bits per heavy atom. The minimum absolute atomic E-state index is 1.04. The molecule has 17 heavy (non-hydrogen) atoms. The molecule has 2 aromatic rings. The van der Waals surface area contributed by atoms with E-state index in [1.807, 2.05) is 18.2 Å². The molecule has 0 radical (unpaired) electrons. The fourth-order valence-corrected chi connectivity index (χ4v) is 5.53. The standard InChI is InChI=1S/C12H5Br5/c13-7-1-6(2-8(14)3-7)12-10(16)4-9(15)5-11(12)17/h1-5H. The molecule has 5 heteroatoms. The monoisotopic (exact) mass is 544 g/mol. The lowest BCUT2D eigenvalue weighted by atomic mass is 10.1. The summed E-state index contributed by atoms with van der Waals surface area (Å²) in [5.41, 5.74) is 2.27. The van der Waals surface area contributed by atoms with Crippen LogP contribution in [0.2, 0.25) is 0 Å². The van der Waals surface area contributed by atoms with Crippen molar-refractivity contribution in [3.8, 4) is 11.1 Å². The Labute approximate surface area is 142 Å². The molecule has 0 atom stereocenters. The highest BCUT2D eigenvalue weighted by Crippen LogP contribution is 2.39. The van der Waals surface area contributed by atoms with E-state index in [0.29, 0.717) is 0 Å². The molecule has 0 fully saturated rings. The molecule has 0 amide bonds. The van der Waals surface area contributed by atoms with E-state index in [2.05, 4.69) is 91.8 Å². The average Bonchev–Trinajstić information content (AvgIpc) is 2.13. The predicted molar refractivity (Wildman–Crippen MR) is 90.4 cm³/mol. The van der Waals surface area contributed by atoms with E-state index in [9.17, 15) is 0 Å². The number of hydrogen-bond acceptors (Lipinski definition) is 0. The maximum atomic E-state index is 3.59. The van der Waals surface area contributed by atoms with Gasteiger partial charge in [-0.25, -0.2) is 0 Å². The highest BCUT2D eigenvalue weighted by Gasteiger charge is 2.10. The topological polar surface area (TPSA) is 0 Å². The minimum Gasteiger partial charge on any atom is -0.0508 e. The summed E-state index contributed by atoms with van der Waals surface area (Å²) in [6.07, 6.45) is 0. The zero-order valence-corrected chi connectivity index (χ0v) is 16.2. The molecule has 0 N–H and O–H groups in total. The van der Waals surface area contributed by atoms with Gasteiger partial charge >= 0.3 is 0 Å². The Hall–Kier alpha value is 0.840. The second-order valence-corrected chi connectivity index (χ2v) is 7.86. The highest BCUT2D eigenvalue weighted by atomic mass is 79.9. The van der Waals surface area contributed by atoms with E-state index >= 15 is 0 Å². The molecule has 0 nitrogen and oxygen atoms in total. The zero-order chi connectivity index (χ0) is 12.6. The van der Waals surface area contributed by atoms with Crippen LogP contribution in [0.15, 0.2) is 52.7 Å². The fraction of sp³-hybridized carbons (Fsp3) is 0. The quantitative estimate of drug-likeness (QED) is 0.355. The fourth-order valence-electron chi connectivity index (χ4n) is 1.52. The Kier molecular flexibility index (Phi) is 4.92. The van der Waals surface area contributed by atoms with Gasteiger partial charge in [0.1, 0.15) is 0 Å². The van der Waals surface area contributed by atoms with E-state index < -0.39 is 0 Å². The molecule has 0 bridgehead atoms. The summed E-state index contributed by atoms with van der Waals surface area (Å²) in [7, 11) is 0. The van der Waals surface area contributed by atoms with Gasteiger partial charge in [-0.05, 0) is 35.9 Å². The third kappa shape index (κ3) is 3.44. The van der Waals surface area contributed by atoms with Crippen molar-refractivity contribution in [1.82, 2.24) is 0 Å². The molecule has 0 aliphatic carbocycles. The van der Waals surface area contributed by atoms with Gasteiger partial charge in [-0.2, -0.15) is 0 Å².